The van der Waals surface area contributed by atoms with E-state index in [1.807, 2.05) is 30.3 Å². The van der Waals surface area contributed by atoms with Gasteiger partial charge in [-0.15, -0.1) is 0 Å². The predicted octanol–water partition coefficient (Wildman–Crippen LogP) is 2.41. The van der Waals surface area contributed by atoms with Crippen LogP contribution in [0.3, 0.4) is 0 Å². The van der Waals surface area contributed by atoms with E-state index < -0.39 is 18.2 Å². The molecule has 2 rings (SSSR count). The zero-order valence-corrected chi connectivity index (χ0v) is 13.3. The van der Waals surface area contributed by atoms with Crippen molar-refractivity contribution in [3.63, 3.8) is 0 Å². The number of methoxy groups -OCH3 is 1. The zero-order chi connectivity index (χ0) is 16.5. The van der Waals surface area contributed by atoms with Crippen LogP contribution in [0.4, 0.5) is 4.79 Å². The van der Waals surface area contributed by atoms with E-state index in [4.69, 9.17) is 14.2 Å². The predicted molar refractivity (Wildman–Crippen MR) is 83.8 cm³/mol. The van der Waals surface area contributed by atoms with E-state index in [1.165, 1.54) is 7.11 Å². The van der Waals surface area contributed by atoms with Crippen molar-refractivity contribution in [2.75, 3.05) is 13.7 Å². The summed E-state index contributed by atoms with van der Waals surface area (Å²) in [6, 6.07) is 9.38. The zero-order valence-electron chi connectivity index (χ0n) is 13.3. The number of rotatable bonds is 7. The van der Waals surface area contributed by atoms with E-state index in [2.05, 4.69) is 5.32 Å². The van der Waals surface area contributed by atoms with Crippen LogP contribution in [0.25, 0.3) is 0 Å². The van der Waals surface area contributed by atoms with Crippen molar-refractivity contribution in [3.05, 3.63) is 35.9 Å². The SMILES string of the molecule is COC(=O)[C@H](CNC(=O)OCc1ccccc1)OC1CCCC1. The van der Waals surface area contributed by atoms with Crippen molar-refractivity contribution >= 4 is 12.1 Å². The molecule has 0 radical (unpaired) electrons. The molecule has 23 heavy (non-hydrogen) atoms. The first kappa shape index (κ1) is 17.3. The smallest absolute Gasteiger partial charge is 0.407 e. The van der Waals surface area contributed by atoms with Gasteiger partial charge in [0.05, 0.1) is 19.8 Å². The molecule has 0 bridgehead atoms. The van der Waals surface area contributed by atoms with Gasteiger partial charge >= 0.3 is 12.1 Å². The van der Waals surface area contributed by atoms with Crippen molar-refractivity contribution in [2.24, 2.45) is 0 Å². The second-order valence-electron chi connectivity index (χ2n) is 5.50. The summed E-state index contributed by atoms with van der Waals surface area (Å²) < 4.78 is 15.6. The first-order valence-electron chi connectivity index (χ1n) is 7.87. The number of hydrogen-bond donors (Lipinski definition) is 1. The molecule has 0 aliphatic heterocycles. The molecule has 1 N–H and O–H groups in total. The highest BCUT2D eigenvalue weighted by Crippen LogP contribution is 2.22. The van der Waals surface area contributed by atoms with Crippen LogP contribution in [-0.2, 0) is 25.6 Å². The molecule has 0 saturated heterocycles. The Morgan fingerprint density at radius 1 is 1.22 bits per heavy atom. The van der Waals surface area contributed by atoms with Crippen LogP contribution in [0.2, 0.25) is 0 Å². The summed E-state index contributed by atoms with van der Waals surface area (Å²) >= 11 is 0. The summed E-state index contributed by atoms with van der Waals surface area (Å²) in [4.78, 5) is 23.5. The topological polar surface area (TPSA) is 73.9 Å². The average Bonchev–Trinajstić information content (AvgIpc) is 3.10. The maximum absolute atomic E-state index is 11.8. The summed E-state index contributed by atoms with van der Waals surface area (Å²) in [5.74, 6) is -0.486. The molecule has 6 nitrogen and oxygen atoms in total. The van der Waals surface area contributed by atoms with Crippen molar-refractivity contribution in [2.45, 2.75) is 44.5 Å². The van der Waals surface area contributed by atoms with Crippen molar-refractivity contribution in [3.8, 4) is 0 Å². The largest absolute Gasteiger partial charge is 0.467 e. The number of hydrogen-bond acceptors (Lipinski definition) is 5. The van der Waals surface area contributed by atoms with Crippen molar-refractivity contribution in [1.29, 1.82) is 0 Å². The van der Waals surface area contributed by atoms with Gasteiger partial charge in [0.25, 0.3) is 0 Å². The number of ether oxygens (including phenoxy) is 3. The van der Waals surface area contributed by atoms with E-state index in [9.17, 15) is 9.59 Å². The van der Waals surface area contributed by atoms with Crippen LogP contribution >= 0.6 is 0 Å². The summed E-state index contributed by atoms with van der Waals surface area (Å²) in [6.45, 7) is 0.218. The molecule has 0 spiro atoms. The third kappa shape index (κ3) is 5.90. The molecule has 0 heterocycles. The van der Waals surface area contributed by atoms with Crippen LogP contribution < -0.4 is 5.32 Å². The van der Waals surface area contributed by atoms with Gasteiger partial charge in [0.15, 0.2) is 6.10 Å². The molecule has 0 unspecified atom stereocenters. The first-order valence-corrected chi connectivity index (χ1v) is 7.87. The standard InChI is InChI=1S/C17H23NO5/c1-21-16(19)15(23-14-9-5-6-10-14)11-18-17(20)22-12-13-7-3-2-4-8-13/h2-4,7-8,14-15H,5-6,9-12H2,1H3,(H,18,20)/t15-/m0/s1. The molecule has 1 aromatic carbocycles. The number of esters is 1. The Balaban J connectivity index is 1.75. The lowest BCUT2D eigenvalue weighted by molar-refractivity contribution is -0.157. The Bertz CT molecular complexity index is 499. The Hall–Kier alpha value is -2.08. The van der Waals surface area contributed by atoms with E-state index in [0.717, 1.165) is 31.2 Å². The number of amides is 1. The van der Waals surface area contributed by atoms with Gasteiger partial charge in [-0.25, -0.2) is 9.59 Å². The Kier molecular flexibility index (Phi) is 6.87. The van der Waals surface area contributed by atoms with Crippen LogP contribution in [0, 0.1) is 0 Å². The average molecular weight is 321 g/mol. The van der Waals surface area contributed by atoms with E-state index >= 15 is 0 Å². The highest BCUT2D eigenvalue weighted by molar-refractivity contribution is 5.76. The molecule has 1 amide bonds. The molecular weight excluding hydrogens is 298 g/mol. The van der Waals surface area contributed by atoms with Crippen LogP contribution in [0.5, 0.6) is 0 Å². The molecule has 1 saturated carbocycles. The van der Waals surface area contributed by atoms with Gasteiger partial charge in [-0.1, -0.05) is 43.2 Å². The fourth-order valence-electron chi connectivity index (χ4n) is 2.53. The van der Waals surface area contributed by atoms with Gasteiger partial charge in [0, 0.05) is 0 Å². The summed E-state index contributed by atoms with van der Waals surface area (Å²) in [5.41, 5.74) is 0.898. The molecule has 126 valence electrons. The molecule has 1 aliphatic rings. The van der Waals surface area contributed by atoms with E-state index in [0.29, 0.717) is 0 Å². The molecule has 1 aliphatic carbocycles. The Morgan fingerprint density at radius 3 is 2.57 bits per heavy atom. The lowest BCUT2D eigenvalue weighted by atomic mass is 10.2. The maximum atomic E-state index is 11.8. The van der Waals surface area contributed by atoms with Gasteiger partial charge in [0.2, 0.25) is 0 Å². The molecular formula is C17H23NO5. The minimum absolute atomic E-state index is 0.0385. The number of nitrogens with one attached hydrogen (secondary N) is 1. The van der Waals surface area contributed by atoms with Gasteiger partial charge < -0.3 is 19.5 Å². The highest BCUT2D eigenvalue weighted by Gasteiger charge is 2.26. The van der Waals surface area contributed by atoms with Crippen LogP contribution in [0.1, 0.15) is 31.2 Å². The quantitative estimate of drug-likeness (QED) is 0.781. The fourth-order valence-corrected chi connectivity index (χ4v) is 2.53. The van der Waals surface area contributed by atoms with E-state index in [-0.39, 0.29) is 19.3 Å². The number of carbonyl (C=O) groups is 2. The lowest BCUT2D eigenvalue weighted by Crippen LogP contribution is -2.41. The third-order valence-electron chi connectivity index (χ3n) is 3.77. The second-order valence-corrected chi connectivity index (χ2v) is 5.50. The van der Waals surface area contributed by atoms with Crippen molar-refractivity contribution < 1.29 is 23.8 Å². The number of alkyl carbamates (subject to hydrolysis) is 1. The van der Waals surface area contributed by atoms with Gasteiger partial charge in [-0.05, 0) is 18.4 Å². The summed E-state index contributed by atoms with van der Waals surface area (Å²) in [7, 11) is 1.31. The lowest BCUT2D eigenvalue weighted by Gasteiger charge is -2.20. The summed E-state index contributed by atoms with van der Waals surface area (Å²) in [5, 5.41) is 2.56. The highest BCUT2D eigenvalue weighted by atomic mass is 16.6. The Labute approximate surface area is 136 Å². The van der Waals surface area contributed by atoms with E-state index in [1.54, 1.807) is 0 Å². The van der Waals surface area contributed by atoms with Gasteiger partial charge in [-0.2, -0.15) is 0 Å². The van der Waals surface area contributed by atoms with Gasteiger partial charge in [0.1, 0.15) is 6.61 Å². The molecule has 1 atom stereocenters. The van der Waals surface area contributed by atoms with Gasteiger partial charge in [-0.3, -0.25) is 0 Å². The first-order chi connectivity index (χ1) is 11.2. The fraction of sp³-hybridized carbons (Fsp3) is 0.529. The molecule has 6 heteroatoms. The summed E-state index contributed by atoms with van der Waals surface area (Å²) in [6.07, 6.45) is 2.75. The molecule has 1 fully saturated rings. The van der Waals surface area contributed by atoms with Crippen LogP contribution in [0.15, 0.2) is 30.3 Å². The minimum Gasteiger partial charge on any atom is -0.467 e. The normalized spacial score (nSPS) is 15.9. The maximum Gasteiger partial charge on any atom is 0.407 e. The van der Waals surface area contributed by atoms with Crippen molar-refractivity contribution in [1.82, 2.24) is 5.32 Å². The number of carbonyl (C=O) groups excluding carboxylic acids is 2. The van der Waals surface area contributed by atoms with Crippen LogP contribution in [-0.4, -0.2) is 37.9 Å². The molecule has 1 aromatic rings. The third-order valence-corrected chi connectivity index (χ3v) is 3.77. The second kappa shape index (κ2) is 9.15. The minimum atomic E-state index is -0.799. The number of benzene rings is 1. The molecule has 0 aromatic heterocycles. The Morgan fingerprint density at radius 2 is 1.91 bits per heavy atom. The monoisotopic (exact) mass is 321 g/mol.